The van der Waals surface area contributed by atoms with Crippen LogP contribution in [0.1, 0.15) is 11.6 Å². The number of β-lactam (4-membered cyclic amide) rings is 1. The molecule has 28 heavy (non-hydrogen) atoms. The van der Waals surface area contributed by atoms with E-state index in [0.29, 0.717) is 5.75 Å². The van der Waals surface area contributed by atoms with Gasteiger partial charge in [-0.3, -0.25) is 9.69 Å². The summed E-state index contributed by atoms with van der Waals surface area (Å²) >= 11 is 0. The van der Waals surface area contributed by atoms with Crippen LogP contribution in [0.3, 0.4) is 0 Å². The summed E-state index contributed by atoms with van der Waals surface area (Å²) in [5.74, 6) is 2.12. The minimum absolute atomic E-state index is 0.0742. The maximum absolute atomic E-state index is 13.0. The minimum Gasteiger partial charge on any atom is -0.497 e. The summed E-state index contributed by atoms with van der Waals surface area (Å²) in [4.78, 5) is 14.7. The maximum atomic E-state index is 13.0. The summed E-state index contributed by atoms with van der Waals surface area (Å²) in [6.07, 6.45) is -0.585. The van der Waals surface area contributed by atoms with Crippen LogP contribution in [0, 0.1) is 0 Å². The number of anilines is 1. The van der Waals surface area contributed by atoms with Crippen LogP contribution >= 0.6 is 0 Å². The molecule has 0 aliphatic carbocycles. The lowest BCUT2D eigenvalue weighted by molar-refractivity contribution is -0.135. The summed E-state index contributed by atoms with van der Waals surface area (Å²) in [6.45, 7) is 0. The Balaban J connectivity index is 1.67. The maximum Gasteiger partial charge on any atom is 0.271 e. The standard InChI is InChI=1S/C23H21NO4/c1-26-18-12-8-16(9-13-18)21-22(28-20-6-4-3-5-7-20)23(25)24(21)17-10-14-19(27-2)15-11-17/h3-15,21-22H,1-2H3/t21-,22+/m0/s1. The van der Waals surface area contributed by atoms with E-state index in [0.717, 1.165) is 22.7 Å². The first-order valence-electron chi connectivity index (χ1n) is 9.04. The van der Waals surface area contributed by atoms with E-state index >= 15 is 0 Å². The predicted octanol–water partition coefficient (Wildman–Crippen LogP) is 4.24. The second-order valence-corrected chi connectivity index (χ2v) is 6.48. The van der Waals surface area contributed by atoms with Crippen molar-refractivity contribution in [2.45, 2.75) is 12.1 Å². The zero-order valence-electron chi connectivity index (χ0n) is 15.7. The quantitative estimate of drug-likeness (QED) is 0.605. The fraction of sp³-hybridized carbons (Fsp3) is 0.174. The molecule has 0 radical (unpaired) electrons. The number of rotatable bonds is 6. The van der Waals surface area contributed by atoms with Crippen molar-refractivity contribution in [3.05, 3.63) is 84.4 Å². The van der Waals surface area contributed by atoms with Crippen LogP contribution in [-0.4, -0.2) is 26.2 Å². The van der Waals surface area contributed by atoms with Gasteiger partial charge in [0.2, 0.25) is 6.10 Å². The van der Waals surface area contributed by atoms with Crippen molar-refractivity contribution in [2.75, 3.05) is 19.1 Å². The van der Waals surface area contributed by atoms with E-state index in [4.69, 9.17) is 14.2 Å². The lowest BCUT2D eigenvalue weighted by atomic mass is 9.89. The van der Waals surface area contributed by atoms with Crippen molar-refractivity contribution in [1.29, 1.82) is 0 Å². The van der Waals surface area contributed by atoms with Crippen molar-refractivity contribution < 1.29 is 19.0 Å². The lowest BCUT2D eigenvalue weighted by Gasteiger charge is -2.46. The first-order valence-corrected chi connectivity index (χ1v) is 9.04. The number of amides is 1. The zero-order valence-corrected chi connectivity index (χ0v) is 15.7. The highest BCUT2D eigenvalue weighted by molar-refractivity contribution is 6.05. The third-order valence-corrected chi connectivity index (χ3v) is 4.86. The Labute approximate surface area is 164 Å². The molecule has 1 heterocycles. The number of benzene rings is 3. The lowest BCUT2D eigenvalue weighted by Crippen LogP contribution is -2.61. The van der Waals surface area contributed by atoms with Crippen molar-refractivity contribution in [1.82, 2.24) is 0 Å². The van der Waals surface area contributed by atoms with E-state index in [-0.39, 0.29) is 11.9 Å². The van der Waals surface area contributed by atoms with Gasteiger partial charge in [0, 0.05) is 5.69 Å². The number of carbonyl (C=O) groups excluding carboxylic acids is 1. The van der Waals surface area contributed by atoms with E-state index < -0.39 is 6.10 Å². The van der Waals surface area contributed by atoms with Crippen LogP contribution in [0.25, 0.3) is 0 Å². The molecule has 142 valence electrons. The van der Waals surface area contributed by atoms with Gasteiger partial charge >= 0.3 is 0 Å². The van der Waals surface area contributed by atoms with Crippen LogP contribution in [0.4, 0.5) is 5.69 Å². The van der Waals surface area contributed by atoms with Crippen LogP contribution < -0.4 is 19.1 Å². The molecule has 1 amide bonds. The highest BCUT2D eigenvalue weighted by atomic mass is 16.5. The van der Waals surface area contributed by atoms with E-state index in [2.05, 4.69) is 0 Å². The topological polar surface area (TPSA) is 48.0 Å². The smallest absolute Gasteiger partial charge is 0.271 e. The van der Waals surface area contributed by atoms with Crippen molar-refractivity contribution in [3.63, 3.8) is 0 Å². The monoisotopic (exact) mass is 375 g/mol. The molecule has 3 aromatic rings. The van der Waals surface area contributed by atoms with Crippen LogP contribution in [-0.2, 0) is 4.79 Å². The van der Waals surface area contributed by atoms with Gasteiger partial charge in [-0.2, -0.15) is 0 Å². The van der Waals surface area contributed by atoms with Crippen LogP contribution in [0.15, 0.2) is 78.9 Å². The predicted molar refractivity (Wildman–Crippen MR) is 107 cm³/mol. The molecule has 1 saturated heterocycles. The summed E-state index contributed by atoms with van der Waals surface area (Å²) in [5.41, 5.74) is 1.79. The normalized spacial score (nSPS) is 18.4. The Kier molecular flexibility index (Phi) is 4.89. The Bertz CT molecular complexity index is 939. The molecule has 0 aromatic heterocycles. The average Bonchev–Trinajstić information content (AvgIpc) is 2.76. The number of hydrogen-bond acceptors (Lipinski definition) is 4. The fourth-order valence-electron chi connectivity index (χ4n) is 3.38. The van der Waals surface area contributed by atoms with E-state index in [1.54, 1.807) is 19.1 Å². The fourth-order valence-corrected chi connectivity index (χ4v) is 3.38. The Morgan fingerprint density at radius 3 is 1.86 bits per heavy atom. The summed E-state index contributed by atoms with van der Waals surface area (Å²) < 4.78 is 16.5. The summed E-state index contributed by atoms with van der Waals surface area (Å²) in [5, 5.41) is 0. The second kappa shape index (κ2) is 7.64. The van der Waals surface area contributed by atoms with Crippen molar-refractivity contribution in [2.24, 2.45) is 0 Å². The molecular weight excluding hydrogens is 354 g/mol. The summed E-state index contributed by atoms with van der Waals surface area (Å²) in [7, 11) is 3.25. The third-order valence-electron chi connectivity index (χ3n) is 4.86. The Morgan fingerprint density at radius 2 is 1.29 bits per heavy atom. The highest BCUT2D eigenvalue weighted by Gasteiger charge is 2.51. The molecule has 1 aliphatic rings. The number of nitrogens with zero attached hydrogens (tertiary/aromatic N) is 1. The molecule has 0 bridgehead atoms. The van der Waals surface area contributed by atoms with Crippen LogP contribution in [0.2, 0.25) is 0 Å². The third kappa shape index (κ3) is 3.27. The van der Waals surface area contributed by atoms with Gasteiger partial charge in [0.1, 0.15) is 23.3 Å². The average molecular weight is 375 g/mol. The van der Waals surface area contributed by atoms with Gasteiger partial charge in [-0.05, 0) is 54.1 Å². The number of para-hydroxylation sites is 1. The SMILES string of the molecule is COc1ccc([C@H]2[C@@H](Oc3ccccc3)C(=O)N2c2ccc(OC)cc2)cc1. The first kappa shape index (κ1) is 17.9. The molecule has 4 rings (SSSR count). The largest absolute Gasteiger partial charge is 0.497 e. The van der Waals surface area contributed by atoms with Gasteiger partial charge in [0.05, 0.1) is 14.2 Å². The summed E-state index contributed by atoms with van der Waals surface area (Å²) in [6, 6.07) is 24.4. The number of ether oxygens (including phenoxy) is 3. The molecule has 3 aromatic carbocycles. The molecule has 0 unspecified atom stereocenters. The van der Waals surface area contributed by atoms with Crippen LogP contribution in [0.5, 0.6) is 17.2 Å². The molecule has 5 nitrogen and oxygen atoms in total. The molecule has 1 aliphatic heterocycles. The zero-order chi connectivity index (χ0) is 19.5. The molecular formula is C23H21NO4. The molecule has 0 saturated carbocycles. The highest BCUT2D eigenvalue weighted by Crippen LogP contribution is 2.42. The van der Waals surface area contributed by atoms with Gasteiger partial charge in [0.15, 0.2) is 0 Å². The van der Waals surface area contributed by atoms with Gasteiger partial charge in [-0.1, -0.05) is 30.3 Å². The van der Waals surface area contributed by atoms with E-state index in [1.165, 1.54) is 0 Å². The van der Waals surface area contributed by atoms with E-state index in [1.807, 2.05) is 78.9 Å². The number of methoxy groups -OCH3 is 2. The Morgan fingerprint density at radius 1 is 0.714 bits per heavy atom. The molecule has 5 heteroatoms. The number of carbonyl (C=O) groups is 1. The van der Waals surface area contributed by atoms with Gasteiger partial charge < -0.3 is 14.2 Å². The molecule has 1 fully saturated rings. The van der Waals surface area contributed by atoms with Gasteiger partial charge in [-0.25, -0.2) is 0 Å². The molecule has 0 N–H and O–H groups in total. The number of hydrogen-bond donors (Lipinski definition) is 0. The van der Waals surface area contributed by atoms with Crippen molar-refractivity contribution >= 4 is 11.6 Å². The second-order valence-electron chi connectivity index (χ2n) is 6.48. The minimum atomic E-state index is -0.585. The molecule has 2 atom stereocenters. The molecule has 0 spiro atoms. The van der Waals surface area contributed by atoms with Gasteiger partial charge in [-0.15, -0.1) is 0 Å². The van der Waals surface area contributed by atoms with E-state index in [9.17, 15) is 4.79 Å². The first-order chi connectivity index (χ1) is 13.7. The van der Waals surface area contributed by atoms with Crippen molar-refractivity contribution in [3.8, 4) is 17.2 Å². The van der Waals surface area contributed by atoms with Gasteiger partial charge in [0.25, 0.3) is 5.91 Å². The Hall–Kier alpha value is -3.47.